The summed E-state index contributed by atoms with van der Waals surface area (Å²) in [5, 5.41) is 0. The number of nitrogens with two attached hydrogens (primary N) is 1. The summed E-state index contributed by atoms with van der Waals surface area (Å²) in [5.74, 6) is 0.192. The van der Waals surface area contributed by atoms with E-state index >= 15 is 0 Å². The van der Waals surface area contributed by atoms with Gasteiger partial charge < -0.3 is 5.73 Å². The molecule has 0 spiro atoms. The molecule has 1 aromatic carbocycles. The first kappa shape index (κ1) is 17.5. The summed E-state index contributed by atoms with van der Waals surface area (Å²) in [7, 11) is -3.93. The van der Waals surface area contributed by atoms with E-state index in [-0.39, 0.29) is 10.7 Å². The lowest BCUT2D eigenvalue weighted by atomic mass is 9.96. The molecule has 7 nitrogen and oxygen atoms in total. The zero-order valence-electron chi connectivity index (χ0n) is 14.6. The molecule has 0 radical (unpaired) electrons. The van der Waals surface area contributed by atoms with Crippen molar-refractivity contribution < 1.29 is 8.42 Å². The highest BCUT2D eigenvalue weighted by Crippen LogP contribution is 2.25. The van der Waals surface area contributed by atoms with Gasteiger partial charge >= 0.3 is 5.69 Å². The third kappa shape index (κ3) is 3.13. The van der Waals surface area contributed by atoms with Crippen LogP contribution in [0.4, 0.5) is 5.82 Å². The van der Waals surface area contributed by atoms with Crippen LogP contribution in [-0.2, 0) is 22.9 Å². The first-order chi connectivity index (χ1) is 11.7. The Morgan fingerprint density at radius 3 is 2.36 bits per heavy atom. The largest absolute Gasteiger partial charge is 0.383 e. The number of fused-ring (bicyclic) bond motifs is 1. The Morgan fingerprint density at radius 2 is 1.72 bits per heavy atom. The van der Waals surface area contributed by atoms with Crippen LogP contribution in [0.3, 0.4) is 0 Å². The van der Waals surface area contributed by atoms with Crippen molar-refractivity contribution in [2.75, 3.05) is 10.6 Å². The molecule has 0 fully saturated rings. The predicted molar refractivity (Wildman–Crippen MR) is 96.8 cm³/mol. The van der Waals surface area contributed by atoms with Crippen molar-refractivity contribution >= 4 is 15.8 Å². The van der Waals surface area contributed by atoms with E-state index in [0.717, 1.165) is 28.6 Å². The van der Waals surface area contributed by atoms with Crippen molar-refractivity contribution in [3.8, 4) is 0 Å². The van der Waals surface area contributed by atoms with Gasteiger partial charge in [0, 0.05) is 5.56 Å². The third-order valence-electron chi connectivity index (χ3n) is 4.51. The van der Waals surface area contributed by atoms with Gasteiger partial charge in [0.05, 0.1) is 10.6 Å². The minimum Gasteiger partial charge on any atom is -0.383 e. The van der Waals surface area contributed by atoms with Crippen LogP contribution in [0.1, 0.15) is 40.8 Å². The van der Waals surface area contributed by atoms with E-state index < -0.39 is 15.7 Å². The Balaban J connectivity index is 2.13. The van der Waals surface area contributed by atoms with E-state index in [0.29, 0.717) is 29.7 Å². The Kier molecular flexibility index (Phi) is 4.32. The second-order valence-corrected chi connectivity index (χ2v) is 8.17. The molecule has 1 heterocycles. The average Bonchev–Trinajstić information content (AvgIpc) is 2.50. The molecular weight excluding hydrogens is 340 g/mol. The van der Waals surface area contributed by atoms with Gasteiger partial charge in [0.1, 0.15) is 5.82 Å². The average molecular weight is 362 g/mol. The van der Waals surface area contributed by atoms with Gasteiger partial charge in [-0.1, -0.05) is 17.7 Å². The second-order valence-electron chi connectivity index (χ2n) is 6.57. The predicted octanol–water partition coefficient (Wildman–Crippen LogP) is 1.56. The van der Waals surface area contributed by atoms with E-state index in [4.69, 9.17) is 5.73 Å². The molecule has 2 aromatic rings. The summed E-state index contributed by atoms with van der Waals surface area (Å²) in [4.78, 5) is 18.7. The van der Waals surface area contributed by atoms with Gasteiger partial charge in [-0.2, -0.15) is 18.1 Å². The minimum absolute atomic E-state index is 0.186. The molecule has 0 unspecified atom stereocenters. The van der Waals surface area contributed by atoms with Crippen LogP contribution in [0.2, 0.25) is 0 Å². The second kappa shape index (κ2) is 6.18. The number of hydrogen-bond acceptors (Lipinski definition) is 5. The summed E-state index contributed by atoms with van der Waals surface area (Å²) in [6, 6.07) is 3.61. The number of nitrogens with zero attached hydrogens (tertiary/aromatic N) is 2. The quantitative estimate of drug-likeness (QED) is 0.862. The Morgan fingerprint density at radius 1 is 1.12 bits per heavy atom. The fourth-order valence-electron chi connectivity index (χ4n) is 3.60. The van der Waals surface area contributed by atoms with E-state index in [1.54, 1.807) is 26.0 Å². The molecule has 134 valence electrons. The van der Waals surface area contributed by atoms with Gasteiger partial charge in [0.2, 0.25) is 0 Å². The molecule has 25 heavy (non-hydrogen) atoms. The summed E-state index contributed by atoms with van der Waals surface area (Å²) in [5.41, 5.74) is 8.76. The lowest BCUT2D eigenvalue weighted by Gasteiger charge is -2.22. The smallest absolute Gasteiger partial charge is 0.369 e. The fraction of sp³-hybridized carbons (Fsp3) is 0.412. The summed E-state index contributed by atoms with van der Waals surface area (Å²) >= 11 is 0. The number of nitrogens with one attached hydrogen (secondary N) is 1. The number of anilines is 1. The molecule has 3 rings (SSSR count). The lowest BCUT2D eigenvalue weighted by Crippen LogP contribution is -2.39. The monoisotopic (exact) mass is 362 g/mol. The van der Waals surface area contributed by atoms with Crippen LogP contribution in [0, 0.1) is 20.8 Å². The molecule has 8 heteroatoms. The molecule has 1 aromatic heterocycles. The molecule has 3 N–H and O–H groups in total. The van der Waals surface area contributed by atoms with Crippen LogP contribution < -0.4 is 16.3 Å². The molecule has 1 aliphatic carbocycles. The van der Waals surface area contributed by atoms with Crippen molar-refractivity contribution in [1.82, 2.24) is 9.66 Å². The molecule has 0 atom stereocenters. The minimum atomic E-state index is -3.93. The number of aryl methyl sites for hydroxylation is 3. The van der Waals surface area contributed by atoms with Crippen LogP contribution in [0.15, 0.2) is 21.8 Å². The van der Waals surface area contributed by atoms with Gasteiger partial charge in [-0.25, -0.2) is 9.63 Å². The molecule has 0 saturated heterocycles. The Bertz CT molecular complexity index is 986. The van der Waals surface area contributed by atoms with Gasteiger partial charge in [0.15, 0.2) is 0 Å². The normalized spacial score (nSPS) is 14.2. The SMILES string of the molecule is Cc1cc(C)c(S(=O)(=O)Nn2c3c(c(N)nc2=O)CCCC3)c(C)c1. The number of nitrogen functional groups attached to an aromatic ring is 1. The highest BCUT2D eigenvalue weighted by atomic mass is 32.2. The number of sulfonamides is 1. The van der Waals surface area contributed by atoms with Crippen molar-refractivity contribution in [3.63, 3.8) is 0 Å². The van der Waals surface area contributed by atoms with Crippen molar-refractivity contribution in [1.29, 1.82) is 0 Å². The van der Waals surface area contributed by atoms with E-state index in [2.05, 4.69) is 9.82 Å². The molecule has 0 saturated carbocycles. The number of rotatable bonds is 3. The maximum atomic E-state index is 12.9. The van der Waals surface area contributed by atoms with Crippen molar-refractivity contribution in [2.45, 2.75) is 51.3 Å². The Labute approximate surface area is 146 Å². The van der Waals surface area contributed by atoms with Crippen LogP contribution >= 0.6 is 0 Å². The first-order valence-electron chi connectivity index (χ1n) is 8.21. The maximum Gasteiger partial charge on any atom is 0.369 e. The Hall–Kier alpha value is -2.35. The third-order valence-corrected chi connectivity index (χ3v) is 6.11. The zero-order valence-corrected chi connectivity index (χ0v) is 15.4. The zero-order chi connectivity index (χ0) is 18.4. The van der Waals surface area contributed by atoms with E-state index in [1.165, 1.54) is 0 Å². The van der Waals surface area contributed by atoms with Crippen LogP contribution in [-0.4, -0.2) is 18.1 Å². The fourth-order valence-corrected chi connectivity index (χ4v) is 5.08. The first-order valence-corrected chi connectivity index (χ1v) is 9.70. The lowest BCUT2D eigenvalue weighted by molar-refractivity contribution is 0.582. The summed E-state index contributed by atoms with van der Waals surface area (Å²) < 4.78 is 26.9. The van der Waals surface area contributed by atoms with Crippen molar-refractivity contribution in [2.24, 2.45) is 0 Å². The van der Waals surface area contributed by atoms with Crippen molar-refractivity contribution in [3.05, 3.63) is 50.6 Å². The van der Waals surface area contributed by atoms with E-state index in [9.17, 15) is 13.2 Å². The standard InChI is InChI=1S/C17H22N4O3S/c1-10-8-11(2)15(12(3)9-10)25(23,24)20-21-14-7-5-4-6-13(14)16(18)19-17(21)22/h8-9,20H,4-7H2,1-3H3,(H2,18,19,22). The van der Waals surface area contributed by atoms with Crippen LogP contribution in [0.25, 0.3) is 0 Å². The highest BCUT2D eigenvalue weighted by molar-refractivity contribution is 7.92. The highest BCUT2D eigenvalue weighted by Gasteiger charge is 2.25. The topological polar surface area (TPSA) is 107 Å². The van der Waals surface area contributed by atoms with Gasteiger partial charge in [-0.05, 0) is 57.6 Å². The van der Waals surface area contributed by atoms with Gasteiger partial charge in [0.25, 0.3) is 10.0 Å². The van der Waals surface area contributed by atoms with E-state index in [1.807, 2.05) is 6.92 Å². The molecular formula is C17H22N4O3S. The summed E-state index contributed by atoms with van der Waals surface area (Å²) in [6.07, 6.45) is 3.10. The van der Waals surface area contributed by atoms with Gasteiger partial charge in [-0.3, -0.25) is 0 Å². The number of aromatic nitrogens is 2. The maximum absolute atomic E-state index is 12.9. The number of hydrogen-bond donors (Lipinski definition) is 2. The molecule has 0 bridgehead atoms. The molecule has 1 aliphatic rings. The summed E-state index contributed by atoms with van der Waals surface area (Å²) in [6.45, 7) is 5.40. The van der Waals surface area contributed by atoms with Gasteiger partial charge in [-0.15, -0.1) is 0 Å². The number of benzene rings is 1. The molecule has 0 aliphatic heterocycles. The van der Waals surface area contributed by atoms with Crippen LogP contribution in [0.5, 0.6) is 0 Å². The molecule has 0 amide bonds.